The highest BCUT2D eigenvalue weighted by atomic mass is 16.5. The molecule has 1 atom stereocenters. The number of methoxy groups -OCH3 is 1. The zero-order valence-electron chi connectivity index (χ0n) is 10.4. The molecule has 2 N–H and O–H groups in total. The van der Waals surface area contributed by atoms with Crippen molar-refractivity contribution in [2.45, 2.75) is 32.2 Å². The molecule has 0 saturated carbocycles. The summed E-state index contributed by atoms with van der Waals surface area (Å²) in [7, 11) is 1.43. The molecule has 0 bridgehead atoms. The molecule has 3 nitrogen and oxygen atoms in total. The van der Waals surface area contributed by atoms with E-state index in [2.05, 4.69) is 12.1 Å². The molecule has 17 heavy (non-hydrogen) atoms. The first kappa shape index (κ1) is 12.1. The molecule has 3 heteroatoms. The molecule has 0 amide bonds. The normalized spacial score (nSPS) is 18.5. The van der Waals surface area contributed by atoms with Crippen molar-refractivity contribution in [1.29, 1.82) is 0 Å². The van der Waals surface area contributed by atoms with Gasteiger partial charge in [-0.05, 0) is 30.9 Å². The summed E-state index contributed by atoms with van der Waals surface area (Å²) in [6, 6.07) is 8.30. The zero-order valence-corrected chi connectivity index (χ0v) is 10.4. The van der Waals surface area contributed by atoms with Crippen molar-refractivity contribution in [3.8, 4) is 0 Å². The van der Waals surface area contributed by atoms with Gasteiger partial charge in [0.1, 0.15) is 0 Å². The Morgan fingerprint density at radius 1 is 1.41 bits per heavy atom. The molecule has 0 aromatic heterocycles. The second-order valence-electron chi connectivity index (χ2n) is 5.03. The van der Waals surface area contributed by atoms with Crippen LogP contribution in [0.4, 0.5) is 0 Å². The summed E-state index contributed by atoms with van der Waals surface area (Å²) in [5, 5.41) is 0. The van der Waals surface area contributed by atoms with Gasteiger partial charge in [0.05, 0.1) is 13.5 Å². The Morgan fingerprint density at radius 3 is 2.35 bits per heavy atom. The molecule has 2 rings (SSSR count). The van der Waals surface area contributed by atoms with E-state index >= 15 is 0 Å². The Morgan fingerprint density at radius 2 is 1.94 bits per heavy atom. The fraction of sp³-hybridized carbons (Fsp3) is 0.500. The number of hydrogen-bond acceptors (Lipinski definition) is 3. The molecular weight excluding hydrogens is 214 g/mol. The van der Waals surface area contributed by atoms with Crippen molar-refractivity contribution in [1.82, 2.24) is 0 Å². The molecule has 1 aromatic carbocycles. The minimum atomic E-state index is -0.171. The van der Waals surface area contributed by atoms with Crippen molar-refractivity contribution in [3.05, 3.63) is 35.4 Å². The van der Waals surface area contributed by atoms with Crippen LogP contribution in [0.5, 0.6) is 0 Å². The second-order valence-corrected chi connectivity index (χ2v) is 5.03. The number of carbonyl (C=O) groups is 1. The lowest BCUT2D eigenvalue weighted by Gasteiger charge is -2.32. The topological polar surface area (TPSA) is 52.3 Å². The van der Waals surface area contributed by atoms with Crippen LogP contribution in [-0.2, 0) is 22.4 Å². The highest BCUT2D eigenvalue weighted by Gasteiger charge is 2.42. The summed E-state index contributed by atoms with van der Waals surface area (Å²) in [4.78, 5) is 11.6. The average molecular weight is 233 g/mol. The Balaban J connectivity index is 2.26. The summed E-state index contributed by atoms with van der Waals surface area (Å²) in [5.41, 5.74) is 8.56. The van der Waals surface area contributed by atoms with Crippen molar-refractivity contribution in [2.24, 2.45) is 11.1 Å². The molecule has 92 valence electrons. The number of nitrogens with two attached hydrogens (primary N) is 1. The van der Waals surface area contributed by atoms with Gasteiger partial charge in [0.15, 0.2) is 0 Å². The lowest BCUT2D eigenvalue weighted by Crippen LogP contribution is -2.42. The van der Waals surface area contributed by atoms with E-state index < -0.39 is 0 Å². The fourth-order valence-electron chi connectivity index (χ4n) is 2.69. The third kappa shape index (κ3) is 2.20. The highest BCUT2D eigenvalue weighted by Crippen LogP contribution is 2.41. The summed E-state index contributed by atoms with van der Waals surface area (Å²) in [6.45, 7) is 1.98. The number of rotatable bonds is 3. The quantitative estimate of drug-likeness (QED) is 0.808. The van der Waals surface area contributed by atoms with Crippen LogP contribution in [0.3, 0.4) is 0 Å². The molecule has 1 aliphatic carbocycles. The predicted octanol–water partition coefficient (Wildman–Crippen LogP) is 1.68. The van der Waals surface area contributed by atoms with Gasteiger partial charge in [-0.25, -0.2) is 0 Å². The Bertz CT molecular complexity index is 401. The van der Waals surface area contributed by atoms with E-state index in [4.69, 9.17) is 10.5 Å². The van der Waals surface area contributed by atoms with Gasteiger partial charge >= 0.3 is 5.97 Å². The van der Waals surface area contributed by atoms with Crippen LogP contribution in [0.25, 0.3) is 0 Å². The van der Waals surface area contributed by atoms with Crippen LogP contribution in [0, 0.1) is 5.41 Å². The first-order chi connectivity index (χ1) is 8.07. The first-order valence-electron chi connectivity index (χ1n) is 5.96. The van der Waals surface area contributed by atoms with Gasteiger partial charge in [0.2, 0.25) is 0 Å². The highest BCUT2D eigenvalue weighted by molar-refractivity contribution is 5.70. The molecule has 0 fully saturated rings. The SMILES string of the molecule is COC(=O)CC1(C(C)N)Cc2ccccc2C1. The van der Waals surface area contributed by atoms with Crippen molar-refractivity contribution in [2.75, 3.05) is 7.11 Å². The van der Waals surface area contributed by atoms with Crippen LogP contribution in [0.15, 0.2) is 24.3 Å². The van der Waals surface area contributed by atoms with Gasteiger partial charge in [0, 0.05) is 11.5 Å². The number of ether oxygens (including phenoxy) is 1. The van der Waals surface area contributed by atoms with E-state index in [1.807, 2.05) is 19.1 Å². The minimum Gasteiger partial charge on any atom is -0.469 e. The maximum atomic E-state index is 11.6. The first-order valence-corrected chi connectivity index (χ1v) is 5.96. The maximum Gasteiger partial charge on any atom is 0.306 e. The van der Waals surface area contributed by atoms with E-state index in [9.17, 15) is 4.79 Å². The third-order valence-corrected chi connectivity index (χ3v) is 3.89. The van der Waals surface area contributed by atoms with Gasteiger partial charge in [-0.1, -0.05) is 24.3 Å². The van der Waals surface area contributed by atoms with Crippen LogP contribution >= 0.6 is 0 Å². The molecule has 0 aliphatic heterocycles. The van der Waals surface area contributed by atoms with Gasteiger partial charge < -0.3 is 10.5 Å². The van der Waals surface area contributed by atoms with Crippen LogP contribution < -0.4 is 5.73 Å². The average Bonchev–Trinajstić information content (AvgIpc) is 2.68. The molecule has 1 aliphatic rings. The van der Waals surface area contributed by atoms with Crippen LogP contribution in [-0.4, -0.2) is 19.1 Å². The van der Waals surface area contributed by atoms with Gasteiger partial charge in [0.25, 0.3) is 0 Å². The summed E-state index contributed by atoms with van der Waals surface area (Å²) in [5.74, 6) is -0.171. The van der Waals surface area contributed by atoms with Gasteiger partial charge in [-0.2, -0.15) is 0 Å². The molecular formula is C14H19NO2. The van der Waals surface area contributed by atoms with Gasteiger partial charge in [-0.15, -0.1) is 0 Å². The molecule has 1 aromatic rings. The van der Waals surface area contributed by atoms with Crippen molar-refractivity contribution in [3.63, 3.8) is 0 Å². The van der Waals surface area contributed by atoms with Crippen molar-refractivity contribution >= 4 is 5.97 Å². The Kier molecular flexibility index (Phi) is 3.20. The van der Waals surface area contributed by atoms with E-state index in [0.29, 0.717) is 6.42 Å². The third-order valence-electron chi connectivity index (χ3n) is 3.89. The fourth-order valence-corrected chi connectivity index (χ4v) is 2.69. The van der Waals surface area contributed by atoms with Crippen LogP contribution in [0.2, 0.25) is 0 Å². The van der Waals surface area contributed by atoms with E-state index in [1.54, 1.807) is 0 Å². The molecule has 0 radical (unpaired) electrons. The van der Waals surface area contributed by atoms with Crippen molar-refractivity contribution < 1.29 is 9.53 Å². The summed E-state index contributed by atoms with van der Waals surface area (Å²) in [6.07, 6.45) is 2.14. The largest absolute Gasteiger partial charge is 0.469 e. The monoisotopic (exact) mass is 233 g/mol. The number of hydrogen-bond donors (Lipinski definition) is 1. The second kappa shape index (κ2) is 4.49. The number of esters is 1. The van der Waals surface area contributed by atoms with Gasteiger partial charge in [-0.3, -0.25) is 4.79 Å². The van der Waals surface area contributed by atoms with E-state index in [-0.39, 0.29) is 17.4 Å². The number of benzene rings is 1. The summed E-state index contributed by atoms with van der Waals surface area (Å²) < 4.78 is 4.79. The summed E-state index contributed by atoms with van der Waals surface area (Å²) >= 11 is 0. The molecule has 0 saturated heterocycles. The molecule has 0 heterocycles. The lowest BCUT2D eigenvalue weighted by atomic mass is 9.75. The molecule has 0 spiro atoms. The molecule has 1 unspecified atom stereocenters. The Labute approximate surface area is 102 Å². The number of fused-ring (bicyclic) bond motifs is 1. The maximum absolute atomic E-state index is 11.6. The lowest BCUT2D eigenvalue weighted by molar-refractivity contribution is -0.143. The zero-order chi connectivity index (χ0) is 12.5. The minimum absolute atomic E-state index is 0.0194. The smallest absolute Gasteiger partial charge is 0.306 e. The Hall–Kier alpha value is -1.35. The number of carbonyl (C=O) groups excluding carboxylic acids is 1. The van der Waals surface area contributed by atoms with E-state index in [1.165, 1.54) is 18.2 Å². The predicted molar refractivity (Wildman–Crippen MR) is 66.6 cm³/mol. The standard InChI is InChI=1S/C14H19NO2/c1-10(15)14(9-13(16)17-2)7-11-5-3-4-6-12(11)8-14/h3-6,10H,7-9,15H2,1-2H3. The van der Waals surface area contributed by atoms with Crippen LogP contribution in [0.1, 0.15) is 24.5 Å². The van der Waals surface area contributed by atoms with E-state index in [0.717, 1.165) is 12.8 Å².